The van der Waals surface area contributed by atoms with E-state index in [2.05, 4.69) is 0 Å². The van der Waals surface area contributed by atoms with Crippen molar-refractivity contribution >= 4 is 0 Å². The third-order valence-corrected chi connectivity index (χ3v) is 6.05. The van der Waals surface area contributed by atoms with Crippen LogP contribution in [-0.4, -0.2) is 168 Å². The van der Waals surface area contributed by atoms with E-state index in [1.807, 2.05) is 0 Å². The lowest BCUT2D eigenvalue weighted by Gasteiger charge is -2.43. The van der Waals surface area contributed by atoms with Gasteiger partial charge in [-0.05, 0) is 0 Å². The summed E-state index contributed by atoms with van der Waals surface area (Å²) in [6, 6.07) is 0. The second-order valence-electron chi connectivity index (χ2n) is 8.42. The summed E-state index contributed by atoms with van der Waals surface area (Å²) in [6.45, 7) is -1.84. The number of hydrogen-bond donors (Lipinski definition) is 11. The summed E-state index contributed by atoms with van der Waals surface area (Å²) in [6.07, 6.45) is -24.4. The topological polar surface area (TPSA) is 269 Å². The van der Waals surface area contributed by atoms with Gasteiger partial charge in [-0.2, -0.15) is 0 Å². The first kappa shape index (κ1) is 27.9. The van der Waals surface area contributed by atoms with Crippen LogP contribution in [0, 0.1) is 0 Å². The molecule has 0 aliphatic carbocycles. The summed E-state index contributed by atoms with van der Waals surface area (Å²) >= 11 is 0. The van der Waals surface area contributed by atoms with Gasteiger partial charge in [-0.15, -0.1) is 0 Å². The van der Waals surface area contributed by atoms with Crippen molar-refractivity contribution in [2.75, 3.05) is 19.8 Å². The third kappa shape index (κ3) is 5.68. The average molecular weight is 504 g/mol. The SMILES string of the molecule is OC[C@H]1O[C@H](OC[C@H]2O[C@@H](OC[C@H]3OC(O)[C@H](O)[C@@H](O)[C@@H]3O)[C@H](O)[C@@H](O)[C@@H]2O)[C@H](O)[C@@H](O)[C@@H]1O. The van der Waals surface area contributed by atoms with Gasteiger partial charge in [-0.1, -0.05) is 0 Å². The van der Waals surface area contributed by atoms with Crippen LogP contribution in [0.5, 0.6) is 0 Å². The Morgan fingerprint density at radius 1 is 0.441 bits per heavy atom. The smallest absolute Gasteiger partial charge is 0.186 e. The van der Waals surface area contributed by atoms with Crippen LogP contribution in [0.25, 0.3) is 0 Å². The second-order valence-corrected chi connectivity index (χ2v) is 8.42. The fourth-order valence-corrected chi connectivity index (χ4v) is 3.84. The van der Waals surface area contributed by atoms with Gasteiger partial charge in [-0.3, -0.25) is 0 Å². The molecule has 0 spiro atoms. The van der Waals surface area contributed by atoms with E-state index in [0.717, 1.165) is 0 Å². The van der Waals surface area contributed by atoms with Crippen molar-refractivity contribution < 1.29 is 79.9 Å². The summed E-state index contributed by atoms with van der Waals surface area (Å²) in [5, 5.41) is 108. The molecule has 0 bridgehead atoms. The van der Waals surface area contributed by atoms with E-state index in [0.29, 0.717) is 0 Å². The van der Waals surface area contributed by atoms with Gasteiger partial charge in [0.1, 0.15) is 73.2 Å². The molecule has 3 rings (SSSR count). The summed E-state index contributed by atoms with van der Waals surface area (Å²) in [5.74, 6) is 0. The molecule has 34 heavy (non-hydrogen) atoms. The lowest BCUT2D eigenvalue weighted by atomic mass is 9.98. The predicted molar refractivity (Wildman–Crippen MR) is 101 cm³/mol. The normalized spacial score (nSPS) is 52.5. The van der Waals surface area contributed by atoms with Crippen molar-refractivity contribution in [3.63, 3.8) is 0 Å². The molecule has 11 N–H and O–H groups in total. The van der Waals surface area contributed by atoms with E-state index in [9.17, 15) is 56.2 Å². The van der Waals surface area contributed by atoms with E-state index in [-0.39, 0.29) is 0 Å². The van der Waals surface area contributed by atoms with Gasteiger partial charge in [-0.25, -0.2) is 0 Å². The van der Waals surface area contributed by atoms with Crippen LogP contribution in [0.2, 0.25) is 0 Å². The van der Waals surface area contributed by atoms with Crippen molar-refractivity contribution in [3.05, 3.63) is 0 Å². The molecule has 3 aliphatic heterocycles. The zero-order chi connectivity index (χ0) is 25.3. The molecule has 0 radical (unpaired) electrons. The predicted octanol–water partition coefficient (Wildman–Crippen LogP) is -7.57. The summed E-state index contributed by atoms with van der Waals surface area (Å²) in [5.41, 5.74) is 0. The Kier molecular flexibility index (Phi) is 9.54. The van der Waals surface area contributed by atoms with Gasteiger partial charge in [0.15, 0.2) is 18.9 Å². The minimum atomic E-state index is -1.82. The van der Waals surface area contributed by atoms with Gasteiger partial charge in [0, 0.05) is 0 Å². The molecular formula is C18H32O16. The lowest BCUT2D eigenvalue weighted by molar-refractivity contribution is -0.340. The van der Waals surface area contributed by atoms with Gasteiger partial charge in [0.05, 0.1) is 19.8 Å². The fraction of sp³-hybridized carbons (Fsp3) is 1.00. The molecule has 3 saturated heterocycles. The first-order chi connectivity index (χ1) is 16.0. The summed E-state index contributed by atoms with van der Waals surface area (Å²) in [4.78, 5) is 0. The summed E-state index contributed by atoms with van der Waals surface area (Å²) in [7, 11) is 0. The molecule has 16 heteroatoms. The van der Waals surface area contributed by atoms with Gasteiger partial charge < -0.3 is 79.9 Å². The highest BCUT2D eigenvalue weighted by molar-refractivity contribution is 4.92. The number of rotatable bonds is 7. The Morgan fingerprint density at radius 2 is 0.824 bits per heavy atom. The van der Waals surface area contributed by atoms with E-state index < -0.39 is 112 Å². The third-order valence-electron chi connectivity index (χ3n) is 6.05. The minimum Gasteiger partial charge on any atom is -0.394 e. The van der Waals surface area contributed by atoms with Crippen molar-refractivity contribution in [3.8, 4) is 0 Å². The molecule has 15 atom stereocenters. The quantitative estimate of drug-likeness (QED) is 0.154. The fourth-order valence-electron chi connectivity index (χ4n) is 3.84. The lowest BCUT2D eigenvalue weighted by Crippen LogP contribution is -2.62. The highest BCUT2D eigenvalue weighted by atomic mass is 16.7. The van der Waals surface area contributed by atoms with Crippen molar-refractivity contribution in [2.45, 2.75) is 92.1 Å². The molecule has 3 fully saturated rings. The molecular weight excluding hydrogens is 472 g/mol. The van der Waals surface area contributed by atoms with Crippen molar-refractivity contribution in [1.82, 2.24) is 0 Å². The van der Waals surface area contributed by atoms with Crippen LogP contribution >= 0.6 is 0 Å². The van der Waals surface area contributed by atoms with E-state index in [1.165, 1.54) is 0 Å². The van der Waals surface area contributed by atoms with Crippen LogP contribution < -0.4 is 0 Å². The molecule has 3 aliphatic rings. The standard InChI is InChI=1S/C18H32O16/c19-1-4-7(20)11(24)14(27)17(33-4)31-3-6-9(22)12(25)15(28)18(34-6)30-2-5-8(21)10(23)13(26)16(29)32-5/h4-29H,1-3H2/t4-,5-,6-,7-,8-,9-,10+,11+,12+,13-,14-,15-,16?,17+,18-/m1/s1. The number of hydrogen-bond acceptors (Lipinski definition) is 16. The number of aliphatic hydroxyl groups excluding tert-OH is 11. The first-order valence-electron chi connectivity index (χ1n) is 10.6. The molecule has 0 amide bonds. The Labute approximate surface area is 192 Å². The largest absolute Gasteiger partial charge is 0.394 e. The Bertz CT molecular complexity index is 639. The maximum absolute atomic E-state index is 10.2. The maximum Gasteiger partial charge on any atom is 0.186 e. The van der Waals surface area contributed by atoms with Gasteiger partial charge in [0.2, 0.25) is 0 Å². The Morgan fingerprint density at radius 3 is 1.29 bits per heavy atom. The monoisotopic (exact) mass is 504 g/mol. The van der Waals surface area contributed by atoms with Crippen LogP contribution in [-0.2, 0) is 23.7 Å². The number of ether oxygens (including phenoxy) is 5. The Hall–Kier alpha value is -0.640. The molecule has 1 unspecified atom stereocenters. The molecule has 0 saturated carbocycles. The Balaban J connectivity index is 1.58. The van der Waals surface area contributed by atoms with E-state index in [1.54, 1.807) is 0 Å². The second kappa shape index (κ2) is 11.6. The van der Waals surface area contributed by atoms with Crippen molar-refractivity contribution in [1.29, 1.82) is 0 Å². The van der Waals surface area contributed by atoms with Crippen LogP contribution in [0.4, 0.5) is 0 Å². The molecule has 3 heterocycles. The molecule has 0 aromatic heterocycles. The van der Waals surface area contributed by atoms with Gasteiger partial charge in [0.25, 0.3) is 0 Å². The average Bonchev–Trinajstić information content (AvgIpc) is 2.82. The van der Waals surface area contributed by atoms with E-state index >= 15 is 0 Å². The molecule has 0 aromatic rings. The van der Waals surface area contributed by atoms with Gasteiger partial charge >= 0.3 is 0 Å². The van der Waals surface area contributed by atoms with E-state index in [4.69, 9.17) is 23.7 Å². The number of aliphatic hydroxyl groups is 11. The van der Waals surface area contributed by atoms with Crippen molar-refractivity contribution in [2.24, 2.45) is 0 Å². The zero-order valence-corrected chi connectivity index (χ0v) is 17.7. The summed E-state index contributed by atoms with van der Waals surface area (Å²) < 4.78 is 26.1. The highest BCUT2D eigenvalue weighted by Gasteiger charge is 2.48. The molecule has 16 nitrogen and oxygen atoms in total. The maximum atomic E-state index is 10.2. The highest BCUT2D eigenvalue weighted by Crippen LogP contribution is 2.27. The van der Waals surface area contributed by atoms with Crippen LogP contribution in [0.3, 0.4) is 0 Å². The zero-order valence-electron chi connectivity index (χ0n) is 17.7. The van der Waals surface area contributed by atoms with Crippen LogP contribution in [0.15, 0.2) is 0 Å². The first-order valence-corrected chi connectivity index (χ1v) is 10.6. The minimum absolute atomic E-state index is 0.570. The molecule has 0 aromatic carbocycles. The van der Waals surface area contributed by atoms with Crippen LogP contribution in [0.1, 0.15) is 0 Å². The molecule has 200 valence electrons.